The van der Waals surface area contributed by atoms with Crippen LogP contribution in [0.2, 0.25) is 0 Å². The zero-order valence-corrected chi connectivity index (χ0v) is 11.1. The molecular formula is C15H19N3O. The number of amides is 1. The number of benzene rings is 1. The van der Waals surface area contributed by atoms with E-state index >= 15 is 0 Å². The lowest BCUT2D eigenvalue weighted by Crippen LogP contribution is -2.27. The van der Waals surface area contributed by atoms with Gasteiger partial charge in [-0.05, 0) is 25.0 Å². The molecule has 0 aliphatic carbocycles. The number of aromatic nitrogens is 2. The number of nitrogens with zero attached hydrogens (tertiary/aromatic N) is 2. The molecule has 0 radical (unpaired) electrons. The maximum atomic E-state index is 11.8. The van der Waals surface area contributed by atoms with E-state index in [2.05, 4.69) is 22.5 Å². The Morgan fingerprint density at radius 3 is 2.79 bits per heavy atom. The van der Waals surface area contributed by atoms with Gasteiger partial charge in [0.15, 0.2) is 0 Å². The van der Waals surface area contributed by atoms with Crippen LogP contribution in [-0.4, -0.2) is 22.2 Å². The fourth-order valence-corrected chi connectivity index (χ4v) is 1.97. The molecule has 1 aromatic heterocycles. The molecule has 1 amide bonds. The maximum absolute atomic E-state index is 11.8. The first kappa shape index (κ1) is 13.3. The summed E-state index contributed by atoms with van der Waals surface area (Å²) >= 11 is 0. The van der Waals surface area contributed by atoms with E-state index in [0.29, 0.717) is 13.0 Å². The second kappa shape index (κ2) is 6.73. The fourth-order valence-electron chi connectivity index (χ4n) is 1.97. The number of hydrogen-bond acceptors (Lipinski definition) is 2. The van der Waals surface area contributed by atoms with Crippen LogP contribution in [0.1, 0.15) is 24.9 Å². The molecule has 2 rings (SSSR count). The largest absolute Gasteiger partial charge is 0.356 e. The molecule has 1 atom stereocenters. The molecule has 0 aliphatic rings. The van der Waals surface area contributed by atoms with E-state index in [4.69, 9.17) is 0 Å². The van der Waals surface area contributed by atoms with Gasteiger partial charge in [-0.25, -0.2) is 0 Å². The molecule has 1 heterocycles. The molecule has 0 saturated carbocycles. The number of carbonyl (C=O) groups excluding carboxylic acids is 1. The highest BCUT2D eigenvalue weighted by Gasteiger charge is 2.10. The monoisotopic (exact) mass is 257 g/mol. The van der Waals surface area contributed by atoms with Crippen LogP contribution in [0.25, 0.3) is 0 Å². The fraction of sp³-hybridized carbons (Fsp3) is 0.333. The molecule has 4 nitrogen and oxygen atoms in total. The van der Waals surface area contributed by atoms with Gasteiger partial charge >= 0.3 is 0 Å². The predicted molar refractivity (Wildman–Crippen MR) is 74.7 cm³/mol. The van der Waals surface area contributed by atoms with E-state index in [9.17, 15) is 4.79 Å². The summed E-state index contributed by atoms with van der Waals surface area (Å²) in [6.07, 6.45) is 4.92. The van der Waals surface area contributed by atoms with E-state index in [1.54, 1.807) is 10.9 Å². The highest BCUT2D eigenvalue weighted by molar-refractivity contribution is 5.76. The molecule has 100 valence electrons. The number of carbonyl (C=O) groups is 1. The third-order valence-corrected chi connectivity index (χ3v) is 3.04. The lowest BCUT2D eigenvalue weighted by molar-refractivity contribution is -0.121. The van der Waals surface area contributed by atoms with Crippen molar-refractivity contribution < 1.29 is 4.79 Å². The van der Waals surface area contributed by atoms with Crippen molar-refractivity contribution in [3.05, 3.63) is 54.4 Å². The van der Waals surface area contributed by atoms with Crippen molar-refractivity contribution in [3.8, 4) is 0 Å². The summed E-state index contributed by atoms with van der Waals surface area (Å²) in [6.45, 7) is 2.67. The van der Waals surface area contributed by atoms with Crippen molar-refractivity contribution in [1.82, 2.24) is 15.1 Å². The number of nitrogens with one attached hydrogen (secondary N) is 1. The van der Waals surface area contributed by atoms with Crippen molar-refractivity contribution in [2.24, 2.45) is 0 Å². The smallest absolute Gasteiger partial charge is 0.222 e. The Hall–Kier alpha value is -2.10. The van der Waals surface area contributed by atoms with Crippen molar-refractivity contribution in [2.45, 2.75) is 25.8 Å². The second-order valence-corrected chi connectivity index (χ2v) is 4.62. The SMILES string of the molecule is CC(CC(=O)NCCc1ccccc1)n1cccn1. The van der Waals surface area contributed by atoms with Gasteiger partial charge < -0.3 is 5.32 Å². The van der Waals surface area contributed by atoms with E-state index < -0.39 is 0 Å². The highest BCUT2D eigenvalue weighted by Crippen LogP contribution is 2.08. The zero-order chi connectivity index (χ0) is 13.5. The van der Waals surface area contributed by atoms with Crippen molar-refractivity contribution >= 4 is 5.91 Å². The minimum Gasteiger partial charge on any atom is -0.356 e. The van der Waals surface area contributed by atoms with Crippen LogP contribution in [0.3, 0.4) is 0 Å². The van der Waals surface area contributed by atoms with Crippen LogP contribution >= 0.6 is 0 Å². The van der Waals surface area contributed by atoms with Gasteiger partial charge in [-0.1, -0.05) is 30.3 Å². The molecule has 4 heteroatoms. The normalized spacial score (nSPS) is 12.1. The highest BCUT2D eigenvalue weighted by atomic mass is 16.1. The summed E-state index contributed by atoms with van der Waals surface area (Å²) in [5.74, 6) is 0.0685. The lowest BCUT2D eigenvalue weighted by Gasteiger charge is -2.12. The summed E-state index contributed by atoms with van der Waals surface area (Å²) in [5.41, 5.74) is 1.24. The summed E-state index contributed by atoms with van der Waals surface area (Å²) in [5, 5.41) is 7.08. The summed E-state index contributed by atoms with van der Waals surface area (Å²) < 4.78 is 1.80. The van der Waals surface area contributed by atoms with Crippen LogP contribution in [0.15, 0.2) is 48.8 Å². The summed E-state index contributed by atoms with van der Waals surface area (Å²) in [6, 6.07) is 12.1. The zero-order valence-electron chi connectivity index (χ0n) is 11.1. The van der Waals surface area contributed by atoms with Gasteiger partial charge in [0.05, 0.1) is 6.04 Å². The van der Waals surface area contributed by atoms with Crippen LogP contribution in [-0.2, 0) is 11.2 Å². The second-order valence-electron chi connectivity index (χ2n) is 4.62. The Bertz CT molecular complexity index is 493. The average Bonchev–Trinajstić information content (AvgIpc) is 2.94. The lowest BCUT2D eigenvalue weighted by atomic mass is 10.1. The molecule has 1 aromatic carbocycles. The third kappa shape index (κ3) is 4.25. The quantitative estimate of drug-likeness (QED) is 0.862. The Morgan fingerprint density at radius 2 is 2.11 bits per heavy atom. The van der Waals surface area contributed by atoms with Gasteiger partial charge in [0.1, 0.15) is 0 Å². The first-order valence-electron chi connectivity index (χ1n) is 6.55. The molecule has 0 saturated heterocycles. The minimum absolute atomic E-state index is 0.0685. The maximum Gasteiger partial charge on any atom is 0.222 e. The van der Waals surface area contributed by atoms with Crippen LogP contribution < -0.4 is 5.32 Å². The van der Waals surface area contributed by atoms with E-state index in [1.165, 1.54) is 5.56 Å². The number of hydrogen-bond donors (Lipinski definition) is 1. The standard InChI is InChI=1S/C15H19N3O/c1-13(18-11-5-9-17-18)12-15(19)16-10-8-14-6-3-2-4-7-14/h2-7,9,11,13H,8,10,12H2,1H3,(H,16,19). The Labute approximate surface area is 113 Å². The van der Waals surface area contributed by atoms with E-state index in [1.807, 2.05) is 37.4 Å². The number of rotatable bonds is 6. The van der Waals surface area contributed by atoms with Gasteiger partial charge in [-0.15, -0.1) is 0 Å². The first-order chi connectivity index (χ1) is 9.25. The Balaban J connectivity index is 1.70. The molecule has 0 bridgehead atoms. The minimum atomic E-state index is 0.0685. The molecule has 2 aromatic rings. The summed E-state index contributed by atoms with van der Waals surface area (Å²) in [4.78, 5) is 11.8. The van der Waals surface area contributed by atoms with Crippen LogP contribution in [0.4, 0.5) is 0 Å². The third-order valence-electron chi connectivity index (χ3n) is 3.04. The van der Waals surface area contributed by atoms with Crippen LogP contribution in [0.5, 0.6) is 0 Å². The van der Waals surface area contributed by atoms with Gasteiger partial charge in [-0.3, -0.25) is 9.48 Å². The molecular weight excluding hydrogens is 238 g/mol. The Morgan fingerprint density at radius 1 is 1.32 bits per heavy atom. The molecule has 0 spiro atoms. The van der Waals surface area contributed by atoms with Gasteiger partial charge in [0.25, 0.3) is 0 Å². The van der Waals surface area contributed by atoms with Gasteiger partial charge in [0, 0.05) is 25.4 Å². The van der Waals surface area contributed by atoms with Crippen molar-refractivity contribution in [2.75, 3.05) is 6.54 Å². The predicted octanol–water partition coefficient (Wildman–Crippen LogP) is 2.19. The topological polar surface area (TPSA) is 46.9 Å². The Kier molecular flexibility index (Phi) is 4.72. The molecule has 1 unspecified atom stereocenters. The van der Waals surface area contributed by atoms with Crippen LogP contribution in [0, 0.1) is 0 Å². The molecule has 0 fully saturated rings. The average molecular weight is 257 g/mol. The van der Waals surface area contributed by atoms with Gasteiger partial charge in [0.2, 0.25) is 5.91 Å². The van der Waals surface area contributed by atoms with Gasteiger partial charge in [-0.2, -0.15) is 5.10 Å². The summed E-state index contributed by atoms with van der Waals surface area (Å²) in [7, 11) is 0. The molecule has 1 N–H and O–H groups in total. The molecule has 0 aliphatic heterocycles. The van der Waals surface area contributed by atoms with E-state index in [-0.39, 0.29) is 11.9 Å². The molecule has 19 heavy (non-hydrogen) atoms. The van der Waals surface area contributed by atoms with E-state index in [0.717, 1.165) is 6.42 Å². The van der Waals surface area contributed by atoms with Crippen molar-refractivity contribution in [3.63, 3.8) is 0 Å². The van der Waals surface area contributed by atoms with Crippen molar-refractivity contribution in [1.29, 1.82) is 0 Å². The first-order valence-corrected chi connectivity index (χ1v) is 6.55.